The molecule has 0 spiro atoms. The zero-order chi connectivity index (χ0) is 16.8. The molecule has 0 unspecified atom stereocenters. The van der Waals surface area contributed by atoms with Gasteiger partial charge in [-0.05, 0) is 24.6 Å². The maximum Gasteiger partial charge on any atom is 0.235 e. The van der Waals surface area contributed by atoms with Crippen LogP contribution in [0.5, 0.6) is 5.88 Å². The summed E-state index contributed by atoms with van der Waals surface area (Å²) in [5, 5.41) is 11.7. The Morgan fingerprint density at radius 3 is 2.91 bits per heavy atom. The van der Waals surface area contributed by atoms with Crippen LogP contribution >= 0.6 is 15.9 Å². The Kier molecular flexibility index (Phi) is 5.55. The standard InChI is InChI=1S/C16H15BrN4O2/c1-2-23-16-12(9-18)13(19)8-14(21-16)20-15(22)7-10-4-3-5-11(17)6-10/h3-6,8H,2,7H2,1H3,(H3,19,20,21,22). The molecule has 118 valence electrons. The van der Waals surface area contributed by atoms with E-state index in [4.69, 9.17) is 15.7 Å². The summed E-state index contributed by atoms with van der Waals surface area (Å²) in [6.45, 7) is 2.12. The summed E-state index contributed by atoms with van der Waals surface area (Å²) in [5.41, 5.74) is 7.05. The SMILES string of the molecule is CCOc1nc(NC(=O)Cc2cccc(Br)c2)cc(N)c1C#N. The van der Waals surface area contributed by atoms with Gasteiger partial charge in [0, 0.05) is 10.5 Å². The molecule has 0 aliphatic rings. The number of pyridine rings is 1. The average Bonchev–Trinajstić information content (AvgIpc) is 2.47. The Hall–Kier alpha value is -2.59. The van der Waals surface area contributed by atoms with Gasteiger partial charge in [-0.25, -0.2) is 0 Å². The van der Waals surface area contributed by atoms with Crippen molar-refractivity contribution in [2.24, 2.45) is 0 Å². The number of amides is 1. The minimum atomic E-state index is -0.234. The highest BCUT2D eigenvalue weighted by molar-refractivity contribution is 9.10. The van der Waals surface area contributed by atoms with E-state index in [2.05, 4.69) is 26.2 Å². The van der Waals surface area contributed by atoms with Gasteiger partial charge < -0.3 is 15.8 Å². The number of hydrogen-bond acceptors (Lipinski definition) is 5. The first-order valence-electron chi connectivity index (χ1n) is 6.91. The molecule has 1 amide bonds. The summed E-state index contributed by atoms with van der Waals surface area (Å²) in [6.07, 6.45) is 0.199. The molecule has 0 saturated heterocycles. The average molecular weight is 375 g/mol. The smallest absolute Gasteiger partial charge is 0.235 e. The quantitative estimate of drug-likeness (QED) is 0.837. The third-order valence-corrected chi connectivity index (χ3v) is 3.42. The van der Waals surface area contributed by atoms with Crippen LogP contribution in [0.1, 0.15) is 18.1 Å². The van der Waals surface area contributed by atoms with Crippen LogP contribution in [0.15, 0.2) is 34.8 Å². The second kappa shape index (κ2) is 7.61. The number of ether oxygens (including phenoxy) is 1. The highest BCUT2D eigenvalue weighted by atomic mass is 79.9. The number of halogens is 1. The van der Waals surface area contributed by atoms with Gasteiger partial charge in [-0.15, -0.1) is 0 Å². The molecule has 0 saturated carbocycles. The number of rotatable bonds is 5. The third kappa shape index (κ3) is 4.44. The molecule has 1 heterocycles. The number of benzene rings is 1. The zero-order valence-electron chi connectivity index (χ0n) is 12.5. The second-order valence-corrected chi connectivity index (χ2v) is 5.59. The fourth-order valence-corrected chi connectivity index (χ4v) is 2.42. The van der Waals surface area contributed by atoms with Crippen molar-refractivity contribution in [1.82, 2.24) is 4.98 Å². The summed E-state index contributed by atoms with van der Waals surface area (Å²) < 4.78 is 6.20. The highest BCUT2D eigenvalue weighted by Gasteiger charge is 2.13. The number of carbonyl (C=O) groups is 1. The number of anilines is 2. The van der Waals surface area contributed by atoms with Crippen LogP contribution in [0.25, 0.3) is 0 Å². The molecule has 6 nitrogen and oxygen atoms in total. The molecule has 0 bridgehead atoms. The Morgan fingerprint density at radius 2 is 2.26 bits per heavy atom. The van der Waals surface area contributed by atoms with E-state index in [1.165, 1.54) is 6.07 Å². The normalized spacial score (nSPS) is 9.96. The summed E-state index contributed by atoms with van der Waals surface area (Å²) in [5.74, 6) is 0.139. The fourth-order valence-electron chi connectivity index (χ4n) is 1.98. The Balaban J connectivity index is 2.16. The van der Waals surface area contributed by atoms with Crippen molar-refractivity contribution >= 4 is 33.3 Å². The Morgan fingerprint density at radius 1 is 1.48 bits per heavy atom. The molecule has 2 aromatic rings. The number of hydrogen-bond donors (Lipinski definition) is 2. The molecule has 2 rings (SSSR count). The van der Waals surface area contributed by atoms with Gasteiger partial charge in [-0.2, -0.15) is 10.2 Å². The molecule has 0 fully saturated rings. The van der Waals surface area contributed by atoms with E-state index in [0.717, 1.165) is 10.0 Å². The Labute approximate surface area is 142 Å². The van der Waals surface area contributed by atoms with Gasteiger partial charge in [0.1, 0.15) is 17.5 Å². The van der Waals surface area contributed by atoms with E-state index in [0.29, 0.717) is 6.61 Å². The molecule has 0 radical (unpaired) electrons. The number of nitrogen functional groups attached to an aromatic ring is 1. The van der Waals surface area contributed by atoms with Gasteiger partial charge in [-0.3, -0.25) is 4.79 Å². The maximum absolute atomic E-state index is 12.1. The monoisotopic (exact) mass is 374 g/mol. The lowest BCUT2D eigenvalue weighted by Gasteiger charge is -2.10. The van der Waals surface area contributed by atoms with Gasteiger partial charge in [0.2, 0.25) is 11.8 Å². The lowest BCUT2D eigenvalue weighted by Crippen LogP contribution is -2.16. The number of carbonyl (C=O) groups excluding carboxylic acids is 1. The van der Waals surface area contributed by atoms with Crippen molar-refractivity contribution in [3.63, 3.8) is 0 Å². The van der Waals surface area contributed by atoms with Crippen molar-refractivity contribution in [3.8, 4) is 11.9 Å². The molecule has 3 N–H and O–H groups in total. The van der Waals surface area contributed by atoms with Crippen molar-refractivity contribution in [3.05, 3.63) is 45.9 Å². The molecule has 1 aromatic carbocycles. The summed E-state index contributed by atoms with van der Waals surface area (Å²) in [7, 11) is 0. The highest BCUT2D eigenvalue weighted by Crippen LogP contribution is 2.25. The van der Waals surface area contributed by atoms with Crippen molar-refractivity contribution in [2.45, 2.75) is 13.3 Å². The van der Waals surface area contributed by atoms with E-state index < -0.39 is 0 Å². The molecular formula is C16H15BrN4O2. The van der Waals surface area contributed by atoms with Gasteiger partial charge in [0.15, 0.2) is 0 Å². The van der Waals surface area contributed by atoms with E-state index in [-0.39, 0.29) is 35.3 Å². The van der Waals surface area contributed by atoms with Crippen LogP contribution in [0.2, 0.25) is 0 Å². The topological polar surface area (TPSA) is 101 Å². The molecular weight excluding hydrogens is 360 g/mol. The van der Waals surface area contributed by atoms with E-state index in [9.17, 15) is 4.79 Å². The van der Waals surface area contributed by atoms with Gasteiger partial charge in [0.25, 0.3) is 0 Å². The van der Waals surface area contributed by atoms with E-state index in [1.54, 1.807) is 6.92 Å². The number of nitrogens with zero attached hydrogens (tertiary/aromatic N) is 2. The lowest BCUT2D eigenvalue weighted by atomic mass is 10.1. The van der Waals surface area contributed by atoms with Crippen LogP contribution in [-0.2, 0) is 11.2 Å². The second-order valence-electron chi connectivity index (χ2n) is 4.68. The minimum Gasteiger partial charge on any atom is -0.477 e. The summed E-state index contributed by atoms with van der Waals surface area (Å²) in [6, 6.07) is 10.9. The van der Waals surface area contributed by atoms with Gasteiger partial charge in [0.05, 0.1) is 18.7 Å². The first-order valence-corrected chi connectivity index (χ1v) is 7.70. The molecule has 0 atom stereocenters. The molecule has 0 aliphatic carbocycles. The number of nitrogens with one attached hydrogen (secondary N) is 1. The van der Waals surface area contributed by atoms with Crippen LogP contribution in [-0.4, -0.2) is 17.5 Å². The number of aromatic nitrogens is 1. The lowest BCUT2D eigenvalue weighted by molar-refractivity contribution is -0.115. The number of nitrogens with two attached hydrogens (primary N) is 1. The molecule has 1 aromatic heterocycles. The first kappa shape index (κ1) is 16.8. The van der Waals surface area contributed by atoms with Crippen molar-refractivity contribution in [2.75, 3.05) is 17.7 Å². The molecule has 23 heavy (non-hydrogen) atoms. The summed E-state index contributed by atoms with van der Waals surface area (Å²) >= 11 is 3.36. The van der Waals surface area contributed by atoms with E-state index in [1.807, 2.05) is 30.3 Å². The van der Waals surface area contributed by atoms with Crippen LogP contribution in [0, 0.1) is 11.3 Å². The maximum atomic E-state index is 12.1. The van der Waals surface area contributed by atoms with Crippen molar-refractivity contribution < 1.29 is 9.53 Å². The van der Waals surface area contributed by atoms with Crippen molar-refractivity contribution in [1.29, 1.82) is 5.26 Å². The fraction of sp³-hybridized carbons (Fsp3) is 0.188. The number of nitriles is 1. The largest absolute Gasteiger partial charge is 0.477 e. The first-order chi connectivity index (χ1) is 11.0. The molecule has 7 heteroatoms. The van der Waals surface area contributed by atoms with Gasteiger partial charge >= 0.3 is 0 Å². The predicted molar refractivity (Wildman–Crippen MR) is 91.0 cm³/mol. The third-order valence-electron chi connectivity index (χ3n) is 2.93. The predicted octanol–water partition coefficient (Wildman–Crippen LogP) is 2.88. The minimum absolute atomic E-state index is 0.118. The Bertz CT molecular complexity index is 771. The van der Waals surface area contributed by atoms with Crippen LogP contribution in [0.3, 0.4) is 0 Å². The van der Waals surface area contributed by atoms with Gasteiger partial charge in [-0.1, -0.05) is 28.1 Å². The summed E-state index contributed by atoms with van der Waals surface area (Å²) in [4.78, 5) is 16.2. The van der Waals surface area contributed by atoms with Crippen LogP contribution < -0.4 is 15.8 Å². The zero-order valence-corrected chi connectivity index (χ0v) is 14.1. The van der Waals surface area contributed by atoms with E-state index >= 15 is 0 Å². The van der Waals surface area contributed by atoms with Crippen LogP contribution in [0.4, 0.5) is 11.5 Å². The molecule has 0 aliphatic heterocycles.